The second-order valence-corrected chi connectivity index (χ2v) is 7.00. The van der Waals surface area contributed by atoms with E-state index >= 15 is 0 Å². The molecular formula is C24H26O9. The van der Waals surface area contributed by atoms with E-state index in [9.17, 15) is 9.59 Å². The van der Waals surface area contributed by atoms with Crippen molar-refractivity contribution in [3.63, 3.8) is 0 Å². The molecule has 2 atom stereocenters. The summed E-state index contributed by atoms with van der Waals surface area (Å²) in [7, 11) is 7.15. The first-order valence-electron chi connectivity index (χ1n) is 9.99. The molecule has 0 N–H and O–H groups in total. The van der Waals surface area contributed by atoms with Gasteiger partial charge < -0.3 is 33.2 Å². The molecule has 1 aliphatic rings. The van der Waals surface area contributed by atoms with Crippen molar-refractivity contribution >= 4 is 18.0 Å². The maximum Gasteiger partial charge on any atom is 0.330 e. The molecule has 2 aromatic carbocycles. The molecule has 9 nitrogen and oxygen atoms in total. The van der Waals surface area contributed by atoms with Gasteiger partial charge in [0.1, 0.15) is 12.0 Å². The summed E-state index contributed by atoms with van der Waals surface area (Å²) in [5.74, 6) is 0.0278. The highest BCUT2D eigenvalue weighted by molar-refractivity contribution is 5.88. The third-order valence-electron chi connectivity index (χ3n) is 5.13. The van der Waals surface area contributed by atoms with E-state index in [1.54, 1.807) is 36.4 Å². The molecule has 0 spiro atoms. The average Bonchev–Trinajstić information content (AvgIpc) is 3.24. The van der Waals surface area contributed by atoms with Crippen LogP contribution in [-0.2, 0) is 23.8 Å². The predicted octanol–water partition coefficient (Wildman–Crippen LogP) is 3.26. The van der Waals surface area contributed by atoms with Crippen LogP contribution in [0.5, 0.6) is 23.0 Å². The smallest absolute Gasteiger partial charge is 0.330 e. The van der Waals surface area contributed by atoms with Crippen LogP contribution in [0.15, 0.2) is 36.4 Å². The molecule has 0 saturated heterocycles. The fourth-order valence-corrected chi connectivity index (χ4v) is 3.58. The molecule has 1 aliphatic heterocycles. The van der Waals surface area contributed by atoms with Gasteiger partial charge in [0.05, 0.1) is 28.4 Å². The number of ether oxygens (including phenoxy) is 7. The summed E-state index contributed by atoms with van der Waals surface area (Å²) in [6.45, 7) is 0.0604. The van der Waals surface area contributed by atoms with Crippen molar-refractivity contribution in [2.75, 3.05) is 42.3 Å². The molecule has 0 saturated carbocycles. The highest BCUT2D eigenvalue weighted by atomic mass is 16.7. The van der Waals surface area contributed by atoms with Gasteiger partial charge in [-0.2, -0.15) is 0 Å². The number of carbonyl (C=O) groups is 2. The van der Waals surface area contributed by atoms with Crippen LogP contribution in [0, 0.1) is 0 Å². The van der Waals surface area contributed by atoms with E-state index in [1.165, 1.54) is 41.6 Å². The summed E-state index contributed by atoms with van der Waals surface area (Å²) >= 11 is 0. The molecule has 0 fully saturated rings. The first-order chi connectivity index (χ1) is 16.0. The largest absolute Gasteiger partial charge is 0.493 e. The van der Waals surface area contributed by atoms with E-state index in [-0.39, 0.29) is 6.79 Å². The molecule has 0 aliphatic carbocycles. The number of carbonyl (C=O) groups excluding carboxylic acids is 2. The zero-order chi connectivity index (χ0) is 24.0. The lowest BCUT2D eigenvalue weighted by Gasteiger charge is -2.19. The minimum atomic E-state index is -0.777. The van der Waals surface area contributed by atoms with Crippen LogP contribution in [0.4, 0.5) is 0 Å². The lowest BCUT2D eigenvalue weighted by atomic mass is 9.90. The Kier molecular flexibility index (Phi) is 7.78. The summed E-state index contributed by atoms with van der Waals surface area (Å²) in [6, 6.07) is 8.70. The second kappa shape index (κ2) is 10.7. The van der Waals surface area contributed by atoms with Gasteiger partial charge in [0.15, 0.2) is 29.8 Å². The molecule has 3 rings (SSSR count). The third-order valence-corrected chi connectivity index (χ3v) is 5.13. The lowest BCUT2D eigenvalue weighted by Crippen LogP contribution is -2.20. The first-order valence-corrected chi connectivity index (χ1v) is 9.99. The summed E-state index contributed by atoms with van der Waals surface area (Å²) in [5.41, 5.74) is 1.89. The lowest BCUT2D eigenvalue weighted by molar-refractivity contribution is -0.144. The monoisotopic (exact) mass is 458 g/mol. The Hall–Kier alpha value is -3.72. The fraction of sp³-hybridized carbons (Fsp3) is 0.333. The normalized spacial score (nSPS) is 16.6. The molecule has 9 heteroatoms. The standard InChI is InChI=1S/C24H26O9/c1-27-13-32-17-8-7-15(12-18(17)28-2)22-21(24(26)31-5)16-10-14(6-9-20(25)30-4)11-19(29-3)23(16)33-22/h6-12,21-22H,13H2,1-5H3/b9-6+/t21-,22+/m1/s1. The Balaban J connectivity index is 2.06. The summed E-state index contributed by atoms with van der Waals surface area (Å²) in [5, 5.41) is 0. The minimum Gasteiger partial charge on any atom is -0.493 e. The van der Waals surface area contributed by atoms with E-state index in [1.807, 2.05) is 0 Å². The molecule has 0 radical (unpaired) electrons. The third kappa shape index (κ3) is 5.04. The molecule has 1 heterocycles. The van der Waals surface area contributed by atoms with E-state index in [0.717, 1.165) is 0 Å². The first kappa shape index (κ1) is 23.9. The maximum atomic E-state index is 12.8. The summed E-state index contributed by atoms with van der Waals surface area (Å²) in [4.78, 5) is 24.4. The zero-order valence-electron chi connectivity index (χ0n) is 19.1. The number of benzene rings is 2. The highest BCUT2D eigenvalue weighted by Gasteiger charge is 2.43. The van der Waals surface area contributed by atoms with Gasteiger partial charge in [-0.3, -0.25) is 4.79 Å². The molecular weight excluding hydrogens is 432 g/mol. The molecule has 0 amide bonds. The number of methoxy groups -OCH3 is 5. The van der Waals surface area contributed by atoms with Crippen molar-refractivity contribution in [3.8, 4) is 23.0 Å². The molecule has 176 valence electrons. The van der Waals surface area contributed by atoms with Crippen LogP contribution >= 0.6 is 0 Å². The Morgan fingerprint density at radius 2 is 1.70 bits per heavy atom. The van der Waals surface area contributed by atoms with Crippen molar-refractivity contribution in [2.45, 2.75) is 12.0 Å². The van der Waals surface area contributed by atoms with Gasteiger partial charge in [0.2, 0.25) is 0 Å². The van der Waals surface area contributed by atoms with Crippen LogP contribution in [0.2, 0.25) is 0 Å². The Morgan fingerprint density at radius 1 is 0.939 bits per heavy atom. The van der Waals surface area contributed by atoms with E-state index in [0.29, 0.717) is 39.7 Å². The second-order valence-electron chi connectivity index (χ2n) is 7.00. The summed E-state index contributed by atoms with van der Waals surface area (Å²) in [6.07, 6.45) is 2.15. The molecule has 0 aromatic heterocycles. The van der Waals surface area contributed by atoms with Crippen LogP contribution in [0.1, 0.15) is 28.7 Å². The quantitative estimate of drug-likeness (QED) is 0.318. The maximum absolute atomic E-state index is 12.8. The van der Waals surface area contributed by atoms with Crippen molar-refractivity contribution in [2.24, 2.45) is 0 Å². The Labute approximate surface area is 191 Å². The van der Waals surface area contributed by atoms with E-state index in [2.05, 4.69) is 4.74 Å². The van der Waals surface area contributed by atoms with Gasteiger partial charge in [-0.15, -0.1) is 0 Å². The van der Waals surface area contributed by atoms with E-state index < -0.39 is 24.0 Å². The number of hydrogen-bond acceptors (Lipinski definition) is 9. The number of hydrogen-bond donors (Lipinski definition) is 0. The number of esters is 2. The predicted molar refractivity (Wildman–Crippen MR) is 118 cm³/mol. The molecule has 33 heavy (non-hydrogen) atoms. The molecule has 0 bridgehead atoms. The molecule has 2 aromatic rings. The molecule has 0 unspecified atom stereocenters. The van der Waals surface area contributed by atoms with Gasteiger partial charge in [-0.05, 0) is 41.5 Å². The van der Waals surface area contributed by atoms with Crippen molar-refractivity contribution in [1.82, 2.24) is 0 Å². The Bertz CT molecular complexity index is 1040. The van der Waals surface area contributed by atoms with Gasteiger partial charge in [-0.1, -0.05) is 6.07 Å². The van der Waals surface area contributed by atoms with Crippen LogP contribution in [-0.4, -0.2) is 54.3 Å². The van der Waals surface area contributed by atoms with Crippen molar-refractivity contribution in [3.05, 3.63) is 53.1 Å². The van der Waals surface area contributed by atoms with Crippen molar-refractivity contribution in [1.29, 1.82) is 0 Å². The van der Waals surface area contributed by atoms with Crippen LogP contribution < -0.4 is 18.9 Å². The SMILES string of the molecule is COCOc1ccc([C@@H]2Oc3c(OC)cc(/C=C/C(=O)OC)cc3[C@H]2C(=O)OC)cc1OC. The zero-order valence-corrected chi connectivity index (χ0v) is 19.1. The van der Waals surface area contributed by atoms with Gasteiger partial charge in [0.25, 0.3) is 0 Å². The average molecular weight is 458 g/mol. The van der Waals surface area contributed by atoms with E-state index in [4.69, 9.17) is 28.4 Å². The highest BCUT2D eigenvalue weighted by Crippen LogP contribution is 2.52. The fourth-order valence-electron chi connectivity index (χ4n) is 3.58. The number of rotatable bonds is 9. The van der Waals surface area contributed by atoms with Gasteiger partial charge in [0, 0.05) is 18.7 Å². The summed E-state index contributed by atoms with van der Waals surface area (Å²) < 4.78 is 37.3. The van der Waals surface area contributed by atoms with Gasteiger partial charge >= 0.3 is 11.9 Å². The van der Waals surface area contributed by atoms with Crippen LogP contribution in [0.25, 0.3) is 6.08 Å². The topological polar surface area (TPSA) is 98.8 Å². The Morgan fingerprint density at radius 3 is 2.33 bits per heavy atom. The van der Waals surface area contributed by atoms with Crippen molar-refractivity contribution < 1.29 is 42.7 Å². The number of fused-ring (bicyclic) bond motifs is 1. The van der Waals surface area contributed by atoms with Crippen LogP contribution in [0.3, 0.4) is 0 Å². The van der Waals surface area contributed by atoms with Gasteiger partial charge in [-0.25, -0.2) is 4.79 Å². The minimum absolute atomic E-state index is 0.0604.